The number of imide groups is 1. The van der Waals surface area contributed by atoms with Crippen molar-refractivity contribution in [1.29, 1.82) is 0 Å². The number of rotatable bonds is 2. The topological polar surface area (TPSA) is 46.6 Å². The number of amides is 2. The van der Waals surface area contributed by atoms with Gasteiger partial charge in [-0.05, 0) is 17.7 Å². The maximum atomic E-state index is 12.7. The number of nitrogens with zero attached hydrogens (tertiary/aromatic N) is 1. The van der Waals surface area contributed by atoms with E-state index in [0.717, 1.165) is 4.90 Å². The summed E-state index contributed by atoms with van der Waals surface area (Å²) in [6.45, 7) is 4.03. The average molecular weight is 235 g/mol. The second kappa shape index (κ2) is 4.37. The van der Waals surface area contributed by atoms with Crippen LogP contribution < -0.4 is 0 Å². The highest BCUT2D eigenvalue weighted by molar-refractivity contribution is 6.22. The molecule has 17 heavy (non-hydrogen) atoms. The van der Waals surface area contributed by atoms with Gasteiger partial charge in [-0.2, -0.15) is 0 Å². The first-order chi connectivity index (χ1) is 8.09. The van der Waals surface area contributed by atoms with Gasteiger partial charge >= 0.3 is 6.09 Å². The van der Waals surface area contributed by atoms with Crippen molar-refractivity contribution in [3.8, 4) is 0 Å². The van der Waals surface area contributed by atoms with Gasteiger partial charge in [-0.25, -0.2) is 14.1 Å². The maximum absolute atomic E-state index is 12.7. The standard InChI is InChI=1S/C12H10FNO3/c1-8(9-2-4-10(13)5-3-9)11(15)14-6-7-17-12(14)16/h2-5H,1,6-7H2. The quantitative estimate of drug-likeness (QED) is 0.734. The molecular formula is C12H10FNO3. The molecule has 0 unspecified atom stereocenters. The third-order valence-electron chi connectivity index (χ3n) is 2.46. The van der Waals surface area contributed by atoms with Crippen molar-refractivity contribution in [2.45, 2.75) is 0 Å². The van der Waals surface area contributed by atoms with E-state index in [1.54, 1.807) is 0 Å². The summed E-state index contributed by atoms with van der Waals surface area (Å²) in [6, 6.07) is 5.35. The van der Waals surface area contributed by atoms with E-state index in [-0.39, 0.29) is 18.7 Å². The van der Waals surface area contributed by atoms with E-state index < -0.39 is 17.8 Å². The molecule has 0 radical (unpaired) electrons. The Hall–Kier alpha value is -2.17. The number of cyclic esters (lactones) is 1. The molecule has 1 aromatic carbocycles. The Balaban J connectivity index is 2.17. The molecule has 1 aromatic rings. The number of carbonyl (C=O) groups excluding carboxylic acids is 2. The Morgan fingerprint density at radius 3 is 2.53 bits per heavy atom. The Labute approximate surface area is 97.3 Å². The fraction of sp³-hybridized carbons (Fsp3) is 0.167. The fourth-order valence-corrected chi connectivity index (χ4v) is 1.52. The van der Waals surface area contributed by atoms with E-state index in [1.165, 1.54) is 24.3 Å². The third kappa shape index (κ3) is 2.18. The molecule has 5 heteroatoms. The lowest BCUT2D eigenvalue weighted by Crippen LogP contribution is -2.32. The summed E-state index contributed by atoms with van der Waals surface area (Å²) >= 11 is 0. The smallest absolute Gasteiger partial charge is 0.416 e. The Bertz CT molecular complexity index is 481. The van der Waals surface area contributed by atoms with Crippen LogP contribution >= 0.6 is 0 Å². The van der Waals surface area contributed by atoms with Crippen molar-refractivity contribution in [3.05, 3.63) is 42.2 Å². The van der Waals surface area contributed by atoms with E-state index in [9.17, 15) is 14.0 Å². The summed E-state index contributed by atoms with van der Waals surface area (Å²) in [5.41, 5.74) is 0.625. The van der Waals surface area contributed by atoms with Gasteiger partial charge in [-0.1, -0.05) is 18.7 Å². The van der Waals surface area contributed by atoms with Crippen molar-refractivity contribution in [2.24, 2.45) is 0 Å². The molecule has 2 amide bonds. The highest BCUT2D eigenvalue weighted by atomic mass is 19.1. The predicted molar refractivity (Wildman–Crippen MR) is 58.5 cm³/mol. The summed E-state index contributed by atoms with van der Waals surface area (Å²) in [5, 5.41) is 0. The molecule has 4 nitrogen and oxygen atoms in total. The molecule has 0 bridgehead atoms. The minimum Gasteiger partial charge on any atom is -0.447 e. The van der Waals surface area contributed by atoms with Gasteiger partial charge < -0.3 is 4.74 Å². The van der Waals surface area contributed by atoms with Gasteiger partial charge in [0.05, 0.1) is 6.54 Å². The van der Waals surface area contributed by atoms with Gasteiger partial charge in [-0.3, -0.25) is 4.79 Å². The summed E-state index contributed by atoms with van der Waals surface area (Å²) in [5.74, 6) is -0.909. The highest BCUT2D eigenvalue weighted by Crippen LogP contribution is 2.18. The molecule has 0 aliphatic carbocycles. The van der Waals surface area contributed by atoms with Gasteiger partial charge in [0.15, 0.2) is 0 Å². The molecule has 0 atom stereocenters. The van der Waals surface area contributed by atoms with Gasteiger partial charge in [0.25, 0.3) is 5.91 Å². The number of ether oxygens (including phenoxy) is 1. The van der Waals surface area contributed by atoms with Crippen molar-refractivity contribution in [3.63, 3.8) is 0 Å². The fourth-order valence-electron chi connectivity index (χ4n) is 1.52. The number of benzene rings is 1. The van der Waals surface area contributed by atoms with Crippen LogP contribution in [0.25, 0.3) is 5.57 Å². The van der Waals surface area contributed by atoms with Crippen LogP contribution in [0, 0.1) is 5.82 Å². The molecule has 1 fully saturated rings. The molecular weight excluding hydrogens is 225 g/mol. The third-order valence-corrected chi connectivity index (χ3v) is 2.46. The van der Waals surface area contributed by atoms with Crippen LogP contribution in [0.2, 0.25) is 0 Å². The lowest BCUT2D eigenvalue weighted by atomic mass is 10.1. The Morgan fingerprint density at radius 2 is 2.00 bits per heavy atom. The average Bonchev–Trinajstić information content (AvgIpc) is 2.74. The normalized spacial score (nSPS) is 14.6. The molecule has 0 spiro atoms. The number of halogens is 1. The van der Waals surface area contributed by atoms with Crippen LogP contribution in [0.1, 0.15) is 5.56 Å². The summed E-state index contributed by atoms with van der Waals surface area (Å²) in [4.78, 5) is 24.0. The van der Waals surface area contributed by atoms with Crippen molar-refractivity contribution >= 4 is 17.6 Å². The van der Waals surface area contributed by atoms with Gasteiger partial charge in [0.2, 0.25) is 0 Å². The van der Waals surface area contributed by atoms with Crippen LogP contribution in [0.5, 0.6) is 0 Å². The second-order valence-corrected chi connectivity index (χ2v) is 3.56. The molecule has 1 saturated heterocycles. The minimum absolute atomic E-state index is 0.142. The number of hydrogen-bond donors (Lipinski definition) is 0. The monoisotopic (exact) mass is 235 g/mol. The first-order valence-corrected chi connectivity index (χ1v) is 5.03. The van der Waals surface area contributed by atoms with E-state index in [0.29, 0.717) is 5.56 Å². The molecule has 1 aliphatic rings. The Morgan fingerprint density at radius 1 is 1.35 bits per heavy atom. The summed E-state index contributed by atoms with van der Waals surface area (Å²) < 4.78 is 17.4. The van der Waals surface area contributed by atoms with Crippen LogP contribution in [-0.2, 0) is 9.53 Å². The van der Waals surface area contributed by atoms with Crippen LogP contribution in [0.15, 0.2) is 30.8 Å². The minimum atomic E-state index is -0.668. The summed E-state index contributed by atoms with van der Waals surface area (Å²) in [7, 11) is 0. The van der Waals surface area contributed by atoms with E-state index >= 15 is 0 Å². The SMILES string of the molecule is C=C(C(=O)N1CCOC1=O)c1ccc(F)cc1. The predicted octanol–water partition coefficient (Wildman–Crippen LogP) is 1.82. The molecule has 1 aliphatic heterocycles. The lowest BCUT2D eigenvalue weighted by Gasteiger charge is -2.12. The molecule has 0 saturated carbocycles. The van der Waals surface area contributed by atoms with Gasteiger partial charge in [0, 0.05) is 5.57 Å². The largest absolute Gasteiger partial charge is 0.447 e. The molecule has 2 rings (SSSR count). The number of carbonyl (C=O) groups is 2. The maximum Gasteiger partial charge on any atom is 0.416 e. The van der Waals surface area contributed by atoms with E-state index in [1.807, 2.05) is 0 Å². The first-order valence-electron chi connectivity index (χ1n) is 5.03. The summed E-state index contributed by atoms with van der Waals surface area (Å²) in [6.07, 6.45) is -0.668. The van der Waals surface area contributed by atoms with Gasteiger partial charge in [-0.15, -0.1) is 0 Å². The van der Waals surface area contributed by atoms with Crippen LogP contribution in [0.3, 0.4) is 0 Å². The Kier molecular flexibility index (Phi) is 2.91. The number of hydrogen-bond acceptors (Lipinski definition) is 3. The zero-order valence-electron chi connectivity index (χ0n) is 8.98. The lowest BCUT2D eigenvalue weighted by molar-refractivity contribution is -0.121. The molecule has 88 valence electrons. The zero-order valence-corrected chi connectivity index (χ0v) is 8.98. The van der Waals surface area contributed by atoms with Gasteiger partial charge in [0.1, 0.15) is 12.4 Å². The van der Waals surface area contributed by atoms with E-state index in [4.69, 9.17) is 0 Å². The zero-order chi connectivity index (χ0) is 12.4. The first kappa shape index (κ1) is 11.3. The van der Waals surface area contributed by atoms with Crippen molar-refractivity contribution < 1.29 is 18.7 Å². The molecule has 0 aromatic heterocycles. The van der Waals surface area contributed by atoms with Crippen molar-refractivity contribution in [2.75, 3.05) is 13.2 Å². The molecule has 1 heterocycles. The van der Waals surface area contributed by atoms with Crippen molar-refractivity contribution in [1.82, 2.24) is 4.90 Å². The second-order valence-electron chi connectivity index (χ2n) is 3.56. The van der Waals surface area contributed by atoms with Crippen LogP contribution in [0.4, 0.5) is 9.18 Å². The van der Waals surface area contributed by atoms with E-state index in [2.05, 4.69) is 11.3 Å². The highest BCUT2D eigenvalue weighted by Gasteiger charge is 2.30. The van der Waals surface area contributed by atoms with Crippen LogP contribution in [-0.4, -0.2) is 30.1 Å². The molecule has 0 N–H and O–H groups in total.